The second-order valence-electron chi connectivity index (χ2n) is 7.12. The molecule has 2 amide bonds. The fourth-order valence-corrected chi connectivity index (χ4v) is 4.71. The van der Waals surface area contributed by atoms with Crippen LogP contribution in [0.3, 0.4) is 0 Å². The number of nitrogens with one attached hydrogen (secondary N) is 1. The van der Waals surface area contributed by atoms with E-state index in [1.807, 2.05) is 12.1 Å². The van der Waals surface area contributed by atoms with Gasteiger partial charge in [-0.3, -0.25) is 9.59 Å². The van der Waals surface area contributed by atoms with Gasteiger partial charge in [-0.1, -0.05) is 18.2 Å². The van der Waals surface area contributed by atoms with Crippen molar-refractivity contribution in [1.82, 2.24) is 9.21 Å². The second-order valence-corrected chi connectivity index (χ2v) is 9.06. The van der Waals surface area contributed by atoms with Crippen molar-refractivity contribution in [3.8, 4) is 0 Å². The topological polar surface area (TPSA) is 86.8 Å². The van der Waals surface area contributed by atoms with Gasteiger partial charge in [-0.2, -0.15) is 4.31 Å². The smallest absolute Gasteiger partial charge is 0.255 e. The van der Waals surface area contributed by atoms with Crippen molar-refractivity contribution in [3.63, 3.8) is 0 Å². The zero-order chi connectivity index (χ0) is 21.0. The van der Waals surface area contributed by atoms with E-state index in [0.29, 0.717) is 30.9 Å². The molecular weight excluding hydrogens is 390 g/mol. The van der Waals surface area contributed by atoms with Crippen molar-refractivity contribution in [3.05, 3.63) is 59.7 Å². The number of hydrogen-bond donors (Lipinski definition) is 1. The van der Waals surface area contributed by atoms with Gasteiger partial charge in [0.15, 0.2) is 0 Å². The van der Waals surface area contributed by atoms with Crippen LogP contribution in [-0.4, -0.2) is 49.6 Å². The van der Waals surface area contributed by atoms with Crippen LogP contribution in [0.1, 0.15) is 35.7 Å². The summed E-state index contributed by atoms with van der Waals surface area (Å²) in [6, 6.07) is 13.2. The first kappa shape index (κ1) is 21.0. The highest BCUT2D eigenvalue weighted by molar-refractivity contribution is 7.89. The third-order valence-corrected chi connectivity index (χ3v) is 6.94. The quantitative estimate of drug-likeness (QED) is 0.786. The summed E-state index contributed by atoms with van der Waals surface area (Å²) in [6.45, 7) is 2.93. The summed E-state index contributed by atoms with van der Waals surface area (Å²) in [6.07, 6.45) is 1.75. The molecule has 0 aromatic heterocycles. The zero-order valence-electron chi connectivity index (χ0n) is 16.6. The first-order valence-electron chi connectivity index (χ1n) is 9.50. The monoisotopic (exact) mass is 415 g/mol. The third-order valence-electron chi connectivity index (χ3n) is 5.03. The van der Waals surface area contributed by atoms with E-state index < -0.39 is 10.0 Å². The average molecular weight is 416 g/mol. The van der Waals surface area contributed by atoms with Crippen molar-refractivity contribution in [2.45, 2.75) is 31.2 Å². The second kappa shape index (κ2) is 8.75. The molecule has 0 radical (unpaired) electrons. The molecule has 2 aromatic carbocycles. The van der Waals surface area contributed by atoms with Gasteiger partial charge < -0.3 is 10.2 Å². The van der Waals surface area contributed by atoms with E-state index >= 15 is 0 Å². The molecule has 0 saturated carbocycles. The van der Waals surface area contributed by atoms with E-state index in [1.165, 1.54) is 35.5 Å². The largest absolute Gasteiger partial charge is 0.342 e. The van der Waals surface area contributed by atoms with Gasteiger partial charge in [0.1, 0.15) is 0 Å². The molecule has 1 aliphatic rings. The van der Waals surface area contributed by atoms with Crippen LogP contribution in [0.4, 0.5) is 5.69 Å². The molecule has 29 heavy (non-hydrogen) atoms. The molecule has 0 spiro atoms. The molecule has 2 aromatic rings. The van der Waals surface area contributed by atoms with E-state index in [9.17, 15) is 18.0 Å². The fourth-order valence-electron chi connectivity index (χ4n) is 3.20. The number of nitrogens with zero attached hydrogens (tertiary/aromatic N) is 2. The van der Waals surface area contributed by atoms with E-state index in [2.05, 4.69) is 5.32 Å². The molecule has 1 heterocycles. The van der Waals surface area contributed by atoms with Crippen LogP contribution in [0.15, 0.2) is 53.4 Å². The minimum Gasteiger partial charge on any atom is -0.342 e. The Hall–Kier alpha value is -2.71. The van der Waals surface area contributed by atoms with Gasteiger partial charge in [0, 0.05) is 44.9 Å². The van der Waals surface area contributed by atoms with Gasteiger partial charge in [0.2, 0.25) is 15.9 Å². The maximum absolute atomic E-state index is 12.7. The third kappa shape index (κ3) is 4.83. The summed E-state index contributed by atoms with van der Waals surface area (Å²) >= 11 is 0. The molecule has 1 N–H and O–H groups in total. The van der Waals surface area contributed by atoms with E-state index in [1.54, 1.807) is 24.1 Å². The maximum atomic E-state index is 12.7. The van der Waals surface area contributed by atoms with Gasteiger partial charge >= 0.3 is 0 Å². The molecule has 3 rings (SSSR count). The molecule has 154 valence electrons. The average Bonchev–Trinajstić information content (AvgIpc) is 3.25. The van der Waals surface area contributed by atoms with Crippen LogP contribution in [0, 0.1) is 0 Å². The zero-order valence-corrected chi connectivity index (χ0v) is 17.4. The van der Waals surface area contributed by atoms with Crippen LogP contribution >= 0.6 is 0 Å². The molecule has 0 unspecified atom stereocenters. The number of carbonyl (C=O) groups excluding carboxylic acids is 2. The first-order valence-corrected chi connectivity index (χ1v) is 10.9. The lowest BCUT2D eigenvalue weighted by atomic mass is 10.1. The Kier molecular flexibility index (Phi) is 6.34. The summed E-state index contributed by atoms with van der Waals surface area (Å²) < 4.78 is 26.7. The molecule has 8 heteroatoms. The Labute approximate surface area is 171 Å². The van der Waals surface area contributed by atoms with Crippen LogP contribution in [0.2, 0.25) is 0 Å². The standard InChI is InChI=1S/C21H25N3O4S/c1-16(25)23(2)15-18-7-3-4-8-20(18)22-21(26)17-9-11-19(12-10-17)29(27,28)24-13-5-6-14-24/h3-4,7-12H,5-6,13-15H2,1-2H3,(H,22,26). The highest BCUT2D eigenvalue weighted by Gasteiger charge is 2.27. The molecule has 7 nitrogen and oxygen atoms in total. The van der Waals surface area contributed by atoms with Gasteiger partial charge in [0.05, 0.1) is 4.90 Å². The number of para-hydroxylation sites is 1. The Morgan fingerprint density at radius 1 is 1.03 bits per heavy atom. The van der Waals surface area contributed by atoms with Crippen LogP contribution in [-0.2, 0) is 21.4 Å². The number of carbonyl (C=O) groups is 2. The van der Waals surface area contributed by atoms with E-state index in [4.69, 9.17) is 0 Å². The van der Waals surface area contributed by atoms with Gasteiger partial charge in [-0.15, -0.1) is 0 Å². The molecule has 1 saturated heterocycles. The summed E-state index contributed by atoms with van der Waals surface area (Å²) in [5, 5.41) is 2.85. The minimum absolute atomic E-state index is 0.0686. The Balaban J connectivity index is 1.74. The highest BCUT2D eigenvalue weighted by Crippen LogP contribution is 2.22. The molecular formula is C21H25N3O4S. The van der Waals surface area contributed by atoms with E-state index in [0.717, 1.165) is 18.4 Å². The number of rotatable bonds is 6. The summed E-state index contributed by atoms with van der Waals surface area (Å²) in [5.74, 6) is -0.408. The lowest BCUT2D eigenvalue weighted by Gasteiger charge is -2.18. The molecule has 0 aliphatic carbocycles. The van der Waals surface area contributed by atoms with Gasteiger partial charge in [-0.05, 0) is 48.7 Å². The SMILES string of the molecule is CC(=O)N(C)Cc1ccccc1NC(=O)c1ccc(S(=O)(=O)N2CCCC2)cc1. The Morgan fingerprint density at radius 3 is 2.28 bits per heavy atom. The number of amides is 2. The number of hydrogen-bond acceptors (Lipinski definition) is 4. The maximum Gasteiger partial charge on any atom is 0.255 e. The van der Waals surface area contributed by atoms with E-state index in [-0.39, 0.29) is 16.7 Å². The predicted octanol–water partition coefficient (Wildman–Crippen LogP) is 2.70. The number of sulfonamides is 1. The lowest BCUT2D eigenvalue weighted by Crippen LogP contribution is -2.27. The van der Waals surface area contributed by atoms with Crippen LogP contribution in [0.5, 0.6) is 0 Å². The van der Waals surface area contributed by atoms with Crippen molar-refractivity contribution < 1.29 is 18.0 Å². The van der Waals surface area contributed by atoms with Crippen LogP contribution in [0.25, 0.3) is 0 Å². The molecule has 0 bridgehead atoms. The first-order chi connectivity index (χ1) is 13.8. The van der Waals surface area contributed by atoms with Gasteiger partial charge in [-0.25, -0.2) is 8.42 Å². The van der Waals surface area contributed by atoms with Gasteiger partial charge in [0.25, 0.3) is 5.91 Å². The Bertz CT molecular complexity index is 997. The predicted molar refractivity (Wildman–Crippen MR) is 111 cm³/mol. The minimum atomic E-state index is -3.50. The lowest BCUT2D eigenvalue weighted by molar-refractivity contribution is -0.128. The van der Waals surface area contributed by atoms with Crippen molar-refractivity contribution >= 4 is 27.5 Å². The van der Waals surface area contributed by atoms with Crippen molar-refractivity contribution in [1.29, 1.82) is 0 Å². The molecule has 1 fully saturated rings. The highest BCUT2D eigenvalue weighted by atomic mass is 32.2. The van der Waals surface area contributed by atoms with Crippen molar-refractivity contribution in [2.24, 2.45) is 0 Å². The summed E-state index contributed by atoms with van der Waals surface area (Å²) in [5.41, 5.74) is 1.78. The number of anilines is 1. The fraction of sp³-hybridized carbons (Fsp3) is 0.333. The Morgan fingerprint density at radius 2 is 1.66 bits per heavy atom. The summed E-state index contributed by atoms with van der Waals surface area (Å²) in [7, 11) is -1.81. The van der Waals surface area contributed by atoms with Crippen molar-refractivity contribution in [2.75, 3.05) is 25.5 Å². The van der Waals surface area contributed by atoms with Crippen LogP contribution < -0.4 is 5.32 Å². The molecule has 1 aliphatic heterocycles. The summed E-state index contributed by atoms with van der Waals surface area (Å²) in [4.78, 5) is 25.9. The number of benzene rings is 2. The molecule has 0 atom stereocenters. The normalized spacial score (nSPS) is 14.6.